The molecule has 1 N–H and O–H groups in total. The molecule has 1 heterocycles. The highest BCUT2D eigenvalue weighted by Crippen LogP contribution is 2.72. The monoisotopic (exact) mass is 478 g/mol. The lowest BCUT2D eigenvalue weighted by molar-refractivity contribution is -0.251. The van der Waals surface area contributed by atoms with Crippen LogP contribution >= 0.6 is 0 Å². The van der Waals surface area contributed by atoms with Gasteiger partial charge < -0.3 is 19.3 Å². The average Bonchev–Trinajstić information content (AvgIpc) is 3.14. The summed E-state index contributed by atoms with van der Waals surface area (Å²) in [6, 6.07) is 0. The summed E-state index contributed by atoms with van der Waals surface area (Å²) in [5, 5.41) is 11.5. The first-order chi connectivity index (χ1) is 15.7. The van der Waals surface area contributed by atoms with Crippen molar-refractivity contribution in [2.24, 2.45) is 22.7 Å². The topological polar surface area (TPSA) is 99.1 Å². The molecule has 188 valence electrons. The molecule has 3 saturated carbocycles. The lowest BCUT2D eigenvalue weighted by Crippen LogP contribution is -2.70. The molecular formula is C26H35FO7. The number of hydrogen-bond donors (Lipinski definition) is 1. The third kappa shape index (κ3) is 2.82. The van der Waals surface area contributed by atoms with E-state index < -0.39 is 64.4 Å². The van der Waals surface area contributed by atoms with Crippen molar-refractivity contribution in [3.8, 4) is 0 Å². The molecule has 34 heavy (non-hydrogen) atoms. The van der Waals surface area contributed by atoms with Crippen LogP contribution in [0.4, 0.5) is 4.39 Å². The second kappa shape index (κ2) is 7.20. The number of carbonyl (C=O) groups excluding carboxylic acids is 3. The fourth-order valence-corrected chi connectivity index (χ4v) is 8.44. The van der Waals surface area contributed by atoms with Gasteiger partial charge in [-0.25, -0.2) is 4.39 Å². The smallest absolute Gasteiger partial charge is 0.303 e. The minimum Gasteiger partial charge on any atom is -0.458 e. The molecule has 8 atom stereocenters. The molecule has 1 saturated heterocycles. The zero-order chi connectivity index (χ0) is 24.9. The van der Waals surface area contributed by atoms with E-state index in [1.54, 1.807) is 19.9 Å². The SMILES string of the molecule is CC(=O)OCC(=O)[C@@]12OC(C)(C)O[C@@H]1C[C@H]1[C@@H]3CCC4=CC(=O)CC[C@]4(C)[C@@]3(F)[C@@H](O)C[C@@]12C. The van der Waals surface area contributed by atoms with Crippen molar-refractivity contribution in [1.82, 2.24) is 0 Å². The van der Waals surface area contributed by atoms with E-state index in [9.17, 15) is 19.5 Å². The molecule has 0 aromatic rings. The van der Waals surface area contributed by atoms with Crippen LogP contribution in [-0.2, 0) is 28.6 Å². The van der Waals surface area contributed by atoms with Crippen molar-refractivity contribution in [2.75, 3.05) is 6.61 Å². The maximum Gasteiger partial charge on any atom is 0.303 e. The van der Waals surface area contributed by atoms with Crippen LogP contribution in [0.3, 0.4) is 0 Å². The molecule has 4 aliphatic carbocycles. The first-order valence-corrected chi connectivity index (χ1v) is 12.4. The summed E-state index contributed by atoms with van der Waals surface area (Å²) in [5.74, 6) is -2.81. The number of hydrogen-bond acceptors (Lipinski definition) is 7. The van der Waals surface area contributed by atoms with Crippen LogP contribution in [0.15, 0.2) is 11.6 Å². The molecular weight excluding hydrogens is 443 g/mol. The van der Waals surface area contributed by atoms with Crippen LogP contribution in [0.5, 0.6) is 0 Å². The minimum absolute atomic E-state index is 0.0131. The predicted octanol–water partition coefficient (Wildman–Crippen LogP) is 3.21. The molecule has 0 spiro atoms. The van der Waals surface area contributed by atoms with Gasteiger partial charge in [0.1, 0.15) is 5.67 Å². The van der Waals surface area contributed by atoms with E-state index >= 15 is 4.39 Å². The molecule has 0 radical (unpaired) electrons. The zero-order valence-electron chi connectivity index (χ0n) is 20.6. The van der Waals surface area contributed by atoms with Crippen LogP contribution in [0.2, 0.25) is 0 Å². The van der Waals surface area contributed by atoms with E-state index in [0.29, 0.717) is 25.7 Å². The first kappa shape index (κ1) is 24.1. The molecule has 8 heteroatoms. The predicted molar refractivity (Wildman–Crippen MR) is 118 cm³/mol. The number of ketones is 2. The molecule has 0 amide bonds. The van der Waals surface area contributed by atoms with Crippen LogP contribution in [-0.4, -0.2) is 58.5 Å². The van der Waals surface area contributed by atoms with Crippen LogP contribution in [0.1, 0.15) is 73.1 Å². The summed E-state index contributed by atoms with van der Waals surface area (Å²) in [4.78, 5) is 37.2. The maximum atomic E-state index is 17.3. The maximum absolute atomic E-state index is 17.3. The largest absolute Gasteiger partial charge is 0.458 e. The Morgan fingerprint density at radius 3 is 2.59 bits per heavy atom. The van der Waals surface area contributed by atoms with Gasteiger partial charge in [-0.3, -0.25) is 14.4 Å². The van der Waals surface area contributed by atoms with E-state index in [1.807, 2.05) is 13.8 Å². The Hall–Kier alpha value is -1.64. The van der Waals surface area contributed by atoms with Gasteiger partial charge in [0.2, 0.25) is 5.78 Å². The van der Waals surface area contributed by atoms with Gasteiger partial charge in [-0.15, -0.1) is 0 Å². The molecule has 0 aromatic heterocycles. The number of ether oxygens (including phenoxy) is 3. The standard InChI is InChI=1S/C26H35FO7/c1-14(28)32-13-20(31)26-21(33-22(2,3)34-26)11-18-17-7-6-15-10-16(29)8-9-23(15,4)25(17,27)19(30)12-24(18,26)5/h10,17-19,21,30H,6-9,11-13H2,1-5H3/t17-,18-,19-,21+,23-,24-,25-,26+/m0/s1. The molecule has 0 unspecified atom stereocenters. The lowest BCUT2D eigenvalue weighted by Gasteiger charge is -2.63. The van der Waals surface area contributed by atoms with Gasteiger partial charge in [0.25, 0.3) is 0 Å². The second-order valence-corrected chi connectivity index (χ2v) is 11.9. The molecule has 7 nitrogen and oxygen atoms in total. The van der Waals surface area contributed by atoms with Gasteiger partial charge in [-0.2, -0.15) is 0 Å². The van der Waals surface area contributed by atoms with E-state index in [0.717, 1.165) is 5.57 Å². The zero-order valence-corrected chi connectivity index (χ0v) is 20.6. The Labute approximate surface area is 199 Å². The van der Waals surface area contributed by atoms with Crippen molar-refractivity contribution < 1.29 is 38.1 Å². The highest BCUT2D eigenvalue weighted by atomic mass is 19.1. The van der Waals surface area contributed by atoms with Crippen molar-refractivity contribution in [1.29, 1.82) is 0 Å². The highest BCUT2D eigenvalue weighted by Gasteiger charge is 2.80. The molecule has 4 fully saturated rings. The number of alkyl halides is 1. The van der Waals surface area contributed by atoms with Crippen molar-refractivity contribution >= 4 is 17.5 Å². The van der Waals surface area contributed by atoms with Gasteiger partial charge in [0.15, 0.2) is 23.8 Å². The third-order valence-corrected chi connectivity index (χ3v) is 9.86. The Morgan fingerprint density at radius 1 is 1.21 bits per heavy atom. The summed E-state index contributed by atoms with van der Waals surface area (Å²) in [6.45, 7) is 8.00. The summed E-state index contributed by atoms with van der Waals surface area (Å²) in [7, 11) is 0. The minimum atomic E-state index is -1.92. The Morgan fingerprint density at radius 2 is 1.91 bits per heavy atom. The molecule has 1 aliphatic heterocycles. The number of fused-ring (bicyclic) bond motifs is 7. The Balaban J connectivity index is 1.59. The lowest BCUT2D eigenvalue weighted by atomic mass is 9.44. The Kier molecular flexibility index (Phi) is 5.10. The fourth-order valence-electron chi connectivity index (χ4n) is 8.44. The summed E-state index contributed by atoms with van der Waals surface area (Å²) >= 11 is 0. The number of halogens is 1. The quantitative estimate of drug-likeness (QED) is 0.622. The summed E-state index contributed by atoms with van der Waals surface area (Å²) in [6.07, 6.45) is 1.75. The normalized spacial score (nSPS) is 48.8. The first-order valence-electron chi connectivity index (χ1n) is 12.4. The Bertz CT molecular complexity index is 990. The number of carbonyl (C=O) groups is 3. The van der Waals surface area contributed by atoms with Gasteiger partial charge in [-0.05, 0) is 57.9 Å². The number of esters is 1. The number of aliphatic hydroxyl groups is 1. The van der Waals surface area contributed by atoms with Crippen molar-refractivity contribution in [3.05, 3.63) is 11.6 Å². The van der Waals surface area contributed by atoms with E-state index in [4.69, 9.17) is 14.2 Å². The average molecular weight is 479 g/mol. The number of rotatable bonds is 3. The third-order valence-electron chi connectivity index (χ3n) is 9.86. The molecule has 0 aromatic carbocycles. The van der Waals surface area contributed by atoms with Crippen molar-refractivity contribution in [3.63, 3.8) is 0 Å². The fraction of sp³-hybridized carbons (Fsp3) is 0.808. The molecule has 5 rings (SSSR count). The van der Waals surface area contributed by atoms with Gasteiger partial charge in [-0.1, -0.05) is 19.4 Å². The summed E-state index contributed by atoms with van der Waals surface area (Å²) < 4.78 is 35.0. The number of aliphatic hydroxyl groups excluding tert-OH is 1. The van der Waals surface area contributed by atoms with E-state index in [-0.39, 0.29) is 24.5 Å². The van der Waals surface area contributed by atoms with Gasteiger partial charge >= 0.3 is 5.97 Å². The summed E-state index contributed by atoms with van der Waals surface area (Å²) in [5.41, 5.74) is -4.42. The second-order valence-electron chi connectivity index (χ2n) is 11.9. The highest BCUT2D eigenvalue weighted by molar-refractivity contribution is 5.93. The van der Waals surface area contributed by atoms with E-state index in [1.165, 1.54) is 6.92 Å². The van der Waals surface area contributed by atoms with Gasteiger partial charge in [0, 0.05) is 30.1 Å². The van der Waals surface area contributed by atoms with Crippen LogP contribution < -0.4 is 0 Å². The number of Topliss-reactive ketones (excluding diaryl/α,β-unsaturated/α-hetero) is 1. The van der Waals surface area contributed by atoms with Crippen molar-refractivity contribution in [2.45, 2.75) is 102 Å². The van der Waals surface area contributed by atoms with Crippen LogP contribution in [0, 0.1) is 22.7 Å². The molecule has 0 bridgehead atoms. The number of allylic oxidation sites excluding steroid dienone is 1. The van der Waals surface area contributed by atoms with Crippen LogP contribution in [0.25, 0.3) is 0 Å². The van der Waals surface area contributed by atoms with E-state index in [2.05, 4.69) is 0 Å². The molecule has 5 aliphatic rings. The van der Waals surface area contributed by atoms with Gasteiger partial charge in [0.05, 0.1) is 12.2 Å².